The number of rotatable bonds is 8. The fourth-order valence-electron chi connectivity index (χ4n) is 1.82. The average Bonchev–Trinajstić information content (AvgIpc) is 2.38. The first-order valence-electron chi connectivity index (χ1n) is 6.09. The molecular weight excluding hydrogens is 252 g/mol. The molecule has 0 radical (unpaired) electrons. The van der Waals surface area contributed by atoms with E-state index in [1.165, 1.54) is 12.1 Å². The Bertz CT molecular complexity index is 461. The molecule has 0 saturated heterocycles. The zero-order valence-electron chi connectivity index (χ0n) is 10.4. The number of nitro benzene ring substituents is 2. The van der Waals surface area contributed by atoms with Crippen molar-refractivity contribution < 1.29 is 15.0 Å². The van der Waals surface area contributed by atoms with Gasteiger partial charge >= 0.3 is 11.4 Å². The van der Waals surface area contributed by atoms with Crippen LogP contribution in [-0.4, -0.2) is 21.6 Å². The van der Waals surface area contributed by atoms with Crippen LogP contribution in [0.4, 0.5) is 11.4 Å². The Morgan fingerprint density at radius 3 is 2.16 bits per heavy atom. The van der Waals surface area contributed by atoms with E-state index in [0.29, 0.717) is 6.42 Å². The Balaban J connectivity index is 2.68. The number of aliphatic hydroxyl groups is 1. The van der Waals surface area contributed by atoms with Gasteiger partial charge in [0.15, 0.2) is 0 Å². The highest BCUT2D eigenvalue weighted by Gasteiger charge is 2.23. The second-order valence-electron chi connectivity index (χ2n) is 4.23. The molecule has 0 aliphatic rings. The molecule has 0 amide bonds. The lowest BCUT2D eigenvalue weighted by Crippen LogP contribution is -1.98. The van der Waals surface area contributed by atoms with Gasteiger partial charge in [-0.15, -0.1) is 0 Å². The molecule has 1 rings (SSSR count). The van der Waals surface area contributed by atoms with E-state index in [9.17, 15) is 20.2 Å². The molecule has 0 atom stereocenters. The Labute approximate surface area is 110 Å². The van der Waals surface area contributed by atoms with Crippen LogP contribution in [0, 0.1) is 20.2 Å². The van der Waals surface area contributed by atoms with Crippen LogP contribution >= 0.6 is 0 Å². The van der Waals surface area contributed by atoms with Crippen LogP contribution in [-0.2, 0) is 6.42 Å². The summed E-state index contributed by atoms with van der Waals surface area (Å²) < 4.78 is 0. The average molecular weight is 268 g/mol. The van der Waals surface area contributed by atoms with Gasteiger partial charge in [-0.2, -0.15) is 0 Å². The van der Waals surface area contributed by atoms with Gasteiger partial charge in [0.1, 0.15) is 0 Å². The Kier molecular flexibility index (Phi) is 5.87. The summed E-state index contributed by atoms with van der Waals surface area (Å²) in [5.41, 5.74) is -0.215. The monoisotopic (exact) mass is 268 g/mol. The van der Waals surface area contributed by atoms with Gasteiger partial charge in [-0.25, -0.2) is 0 Å². The van der Waals surface area contributed by atoms with Gasteiger partial charge in [-0.1, -0.05) is 18.9 Å². The molecule has 0 bridgehead atoms. The van der Waals surface area contributed by atoms with Crippen LogP contribution in [0.1, 0.15) is 31.2 Å². The molecule has 0 heterocycles. The molecule has 7 heteroatoms. The van der Waals surface area contributed by atoms with E-state index >= 15 is 0 Å². The number of unbranched alkanes of at least 4 members (excludes halogenated alkanes) is 3. The third-order valence-electron chi connectivity index (χ3n) is 2.81. The molecule has 0 spiro atoms. The number of nitrogens with zero attached hydrogens (tertiary/aromatic N) is 2. The fourth-order valence-corrected chi connectivity index (χ4v) is 1.82. The molecule has 1 N–H and O–H groups in total. The van der Waals surface area contributed by atoms with Crippen LogP contribution < -0.4 is 0 Å². The van der Waals surface area contributed by atoms with Gasteiger partial charge in [-0.3, -0.25) is 20.2 Å². The molecule has 19 heavy (non-hydrogen) atoms. The minimum atomic E-state index is -0.747. The van der Waals surface area contributed by atoms with Gasteiger partial charge in [0.25, 0.3) is 0 Å². The summed E-state index contributed by atoms with van der Waals surface area (Å²) in [5.74, 6) is 0. The summed E-state index contributed by atoms with van der Waals surface area (Å²) in [4.78, 5) is 19.9. The van der Waals surface area contributed by atoms with E-state index in [2.05, 4.69) is 0 Å². The van der Waals surface area contributed by atoms with Crippen LogP contribution in [0.5, 0.6) is 0 Å². The Hall–Kier alpha value is -2.02. The van der Waals surface area contributed by atoms with Gasteiger partial charge in [0.05, 0.1) is 9.85 Å². The predicted molar refractivity (Wildman–Crippen MR) is 69.0 cm³/mol. The van der Waals surface area contributed by atoms with Crippen molar-refractivity contribution >= 4 is 11.4 Å². The quantitative estimate of drug-likeness (QED) is 0.443. The van der Waals surface area contributed by atoms with E-state index in [-0.39, 0.29) is 6.61 Å². The van der Waals surface area contributed by atoms with E-state index < -0.39 is 21.2 Å². The van der Waals surface area contributed by atoms with E-state index in [1.54, 1.807) is 6.07 Å². The molecular formula is C12H16N2O5. The van der Waals surface area contributed by atoms with Crippen LogP contribution in [0.15, 0.2) is 18.2 Å². The largest absolute Gasteiger partial charge is 0.396 e. The molecule has 0 aromatic heterocycles. The normalized spacial score (nSPS) is 10.4. The first-order valence-corrected chi connectivity index (χ1v) is 6.09. The highest BCUT2D eigenvalue weighted by molar-refractivity contribution is 5.54. The molecule has 7 nitrogen and oxygen atoms in total. The van der Waals surface area contributed by atoms with Crippen molar-refractivity contribution in [3.8, 4) is 0 Å². The number of aliphatic hydroxyl groups excluding tert-OH is 1. The lowest BCUT2D eigenvalue weighted by atomic mass is 10.0. The Morgan fingerprint density at radius 1 is 0.947 bits per heavy atom. The van der Waals surface area contributed by atoms with Crippen LogP contribution in [0.3, 0.4) is 0 Å². The van der Waals surface area contributed by atoms with Crippen molar-refractivity contribution in [2.45, 2.75) is 32.1 Å². The molecule has 104 valence electrons. The van der Waals surface area contributed by atoms with Gasteiger partial charge < -0.3 is 5.11 Å². The van der Waals surface area contributed by atoms with Crippen molar-refractivity contribution in [3.05, 3.63) is 44.0 Å². The maximum atomic E-state index is 10.8. The number of hydrogen-bond donors (Lipinski definition) is 1. The molecule has 1 aromatic rings. The summed E-state index contributed by atoms with van der Waals surface area (Å²) in [6.07, 6.45) is 4.07. The summed E-state index contributed by atoms with van der Waals surface area (Å²) in [5, 5.41) is 30.0. The number of nitro groups is 2. The topological polar surface area (TPSA) is 107 Å². The lowest BCUT2D eigenvalue weighted by molar-refractivity contribution is -0.422. The smallest absolute Gasteiger partial charge is 0.346 e. The molecule has 0 aliphatic heterocycles. The number of aryl methyl sites for hydroxylation is 1. The molecule has 0 unspecified atom stereocenters. The van der Waals surface area contributed by atoms with E-state index in [0.717, 1.165) is 31.2 Å². The predicted octanol–water partition coefficient (Wildman–Crippen LogP) is 2.60. The van der Waals surface area contributed by atoms with Crippen molar-refractivity contribution in [3.63, 3.8) is 0 Å². The van der Waals surface area contributed by atoms with Crippen molar-refractivity contribution in [2.24, 2.45) is 0 Å². The SMILES string of the molecule is O=[N+]([O-])c1ccc(CCCCCCO)cc1[N+](=O)[O-]. The summed E-state index contributed by atoms with van der Waals surface area (Å²) in [6.45, 7) is 0.170. The van der Waals surface area contributed by atoms with Crippen molar-refractivity contribution in [1.29, 1.82) is 0 Å². The minimum absolute atomic E-state index is 0.170. The van der Waals surface area contributed by atoms with Crippen molar-refractivity contribution in [2.75, 3.05) is 6.61 Å². The minimum Gasteiger partial charge on any atom is -0.396 e. The number of benzene rings is 1. The first kappa shape index (κ1) is 15.0. The number of hydrogen-bond acceptors (Lipinski definition) is 5. The van der Waals surface area contributed by atoms with Crippen LogP contribution in [0.25, 0.3) is 0 Å². The molecule has 0 fully saturated rings. The zero-order valence-corrected chi connectivity index (χ0v) is 10.4. The fraction of sp³-hybridized carbons (Fsp3) is 0.500. The van der Waals surface area contributed by atoms with Gasteiger partial charge in [0, 0.05) is 18.7 Å². The van der Waals surface area contributed by atoms with Crippen LogP contribution in [0.2, 0.25) is 0 Å². The second kappa shape index (κ2) is 7.42. The highest BCUT2D eigenvalue weighted by atomic mass is 16.6. The standard InChI is InChI=1S/C12H16N2O5/c15-8-4-2-1-3-5-10-6-7-11(13(16)17)12(9-10)14(18)19/h6-7,9,15H,1-5,8H2. The zero-order chi connectivity index (χ0) is 14.3. The van der Waals surface area contributed by atoms with Crippen molar-refractivity contribution in [1.82, 2.24) is 0 Å². The third kappa shape index (κ3) is 4.63. The first-order chi connectivity index (χ1) is 9.06. The highest BCUT2D eigenvalue weighted by Crippen LogP contribution is 2.28. The van der Waals surface area contributed by atoms with Gasteiger partial charge in [0.2, 0.25) is 0 Å². The third-order valence-corrected chi connectivity index (χ3v) is 2.81. The molecule has 0 aliphatic carbocycles. The molecule has 1 aromatic carbocycles. The van der Waals surface area contributed by atoms with E-state index in [1.807, 2.05) is 0 Å². The second-order valence-corrected chi connectivity index (χ2v) is 4.23. The maximum Gasteiger partial charge on any atom is 0.346 e. The maximum absolute atomic E-state index is 10.8. The summed E-state index contributed by atoms with van der Waals surface area (Å²) in [7, 11) is 0. The Morgan fingerprint density at radius 2 is 1.58 bits per heavy atom. The van der Waals surface area contributed by atoms with Gasteiger partial charge in [-0.05, 0) is 24.8 Å². The summed E-state index contributed by atoms with van der Waals surface area (Å²) >= 11 is 0. The summed E-state index contributed by atoms with van der Waals surface area (Å²) in [6, 6.07) is 4.00. The lowest BCUT2D eigenvalue weighted by Gasteiger charge is -2.02. The molecule has 0 saturated carbocycles. The van der Waals surface area contributed by atoms with E-state index in [4.69, 9.17) is 5.11 Å².